The zero-order valence-electron chi connectivity index (χ0n) is 19.2. The smallest absolute Gasteiger partial charge is 0.159 e. The third-order valence-electron chi connectivity index (χ3n) is 4.41. The fraction of sp³-hybridized carbons (Fsp3) is 0.708. The molecule has 1 aromatic rings. The molecule has 0 aliphatic rings. The number of ether oxygens (including phenoxy) is 2. The van der Waals surface area contributed by atoms with E-state index in [1.54, 1.807) is 6.92 Å². The minimum absolute atomic E-state index is 0.0710. The molecular formula is C24H40O3. The molecular weight excluding hydrogens is 336 g/mol. The highest BCUT2D eigenvalue weighted by Gasteiger charge is 2.35. The predicted molar refractivity (Wildman–Crippen MR) is 114 cm³/mol. The number of hydrogen-bond acceptors (Lipinski definition) is 3. The van der Waals surface area contributed by atoms with Crippen LogP contribution in [0.25, 0.3) is 0 Å². The van der Waals surface area contributed by atoms with Crippen molar-refractivity contribution in [3.8, 4) is 5.75 Å². The molecule has 0 aliphatic carbocycles. The van der Waals surface area contributed by atoms with Gasteiger partial charge in [-0.15, -0.1) is 0 Å². The first-order valence-electron chi connectivity index (χ1n) is 9.94. The largest absolute Gasteiger partial charge is 0.488 e. The Labute approximate surface area is 166 Å². The van der Waals surface area contributed by atoms with E-state index < -0.39 is 0 Å². The zero-order chi connectivity index (χ0) is 21.1. The summed E-state index contributed by atoms with van der Waals surface area (Å²) in [5, 5.41) is 0. The van der Waals surface area contributed by atoms with Crippen LogP contribution in [0.5, 0.6) is 5.75 Å². The first-order valence-corrected chi connectivity index (χ1v) is 9.94. The first-order chi connectivity index (χ1) is 12.0. The number of ketones is 1. The average molecular weight is 377 g/mol. The number of benzene rings is 1. The quantitative estimate of drug-likeness (QED) is 0.450. The number of hydrogen-bond donors (Lipinski definition) is 0. The Balaban J connectivity index is 2.73. The summed E-state index contributed by atoms with van der Waals surface area (Å²) in [6.45, 7) is 22.0. The van der Waals surface area contributed by atoms with Crippen molar-refractivity contribution >= 4 is 5.78 Å². The molecule has 0 spiro atoms. The van der Waals surface area contributed by atoms with Crippen LogP contribution in [-0.2, 0) is 4.74 Å². The van der Waals surface area contributed by atoms with E-state index >= 15 is 0 Å². The van der Waals surface area contributed by atoms with Gasteiger partial charge in [-0.05, 0) is 89.5 Å². The molecule has 0 unspecified atom stereocenters. The molecule has 1 rings (SSSR count). The molecule has 0 heterocycles. The maximum absolute atomic E-state index is 11.4. The molecule has 27 heavy (non-hydrogen) atoms. The van der Waals surface area contributed by atoms with Gasteiger partial charge < -0.3 is 9.47 Å². The van der Waals surface area contributed by atoms with Crippen molar-refractivity contribution in [1.29, 1.82) is 0 Å². The maximum Gasteiger partial charge on any atom is 0.159 e. The number of carbonyl (C=O) groups excluding carboxylic acids is 1. The number of Topliss-reactive ketones (excluding diaryl/α,β-unsaturated/α-hetero) is 1. The van der Waals surface area contributed by atoms with Crippen LogP contribution < -0.4 is 4.74 Å². The Morgan fingerprint density at radius 2 is 1.33 bits per heavy atom. The van der Waals surface area contributed by atoms with Gasteiger partial charge in [0.15, 0.2) is 5.78 Å². The summed E-state index contributed by atoms with van der Waals surface area (Å²) in [6, 6.07) is 7.41. The minimum atomic E-state index is -0.303. The van der Waals surface area contributed by atoms with Gasteiger partial charge in [0.25, 0.3) is 0 Å². The van der Waals surface area contributed by atoms with Gasteiger partial charge in [0, 0.05) is 5.56 Å². The molecule has 0 N–H and O–H groups in total. The normalized spacial score (nSPS) is 13.6. The van der Waals surface area contributed by atoms with Crippen LogP contribution in [0.4, 0.5) is 0 Å². The molecule has 0 bridgehead atoms. The summed E-state index contributed by atoms with van der Waals surface area (Å²) >= 11 is 0. The lowest BCUT2D eigenvalue weighted by Crippen LogP contribution is -2.38. The minimum Gasteiger partial charge on any atom is -0.488 e. The first kappa shape index (κ1) is 23.7. The van der Waals surface area contributed by atoms with Crippen molar-refractivity contribution in [3.05, 3.63) is 29.8 Å². The van der Waals surface area contributed by atoms with E-state index in [2.05, 4.69) is 62.3 Å². The second-order valence-electron chi connectivity index (χ2n) is 11.0. The van der Waals surface area contributed by atoms with Crippen LogP contribution in [0.15, 0.2) is 24.3 Å². The Morgan fingerprint density at radius 1 is 0.815 bits per heavy atom. The van der Waals surface area contributed by atoms with E-state index in [1.165, 1.54) is 0 Å². The molecule has 3 heteroatoms. The molecule has 0 aromatic heterocycles. The van der Waals surface area contributed by atoms with Crippen LogP contribution >= 0.6 is 0 Å². The van der Waals surface area contributed by atoms with Crippen LogP contribution in [0.3, 0.4) is 0 Å². The Hall–Kier alpha value is -1.35. The molecule has 0 saturated heterocycles. The summed E-state index contributed by atoms with van der Waals surface area (Å²) < 4.78 is 12.3. The maximum atomic E-state index is 11.4. The molecule has 0 aliphatic heterocycles. The fourth-order valence-electron chi connectivity index (χ4n) is 4.09. The highest BCUT2D eigenvalue weighted by molar-refractivity contribution is 5.94. The molecule has 0 radical (unpaired) electrons. The Morgan fingerprint density at radius 3 is 1.78 bits per heavy atom. The highest BCUT2D eigenvalue weighted by atomic mass is 16.5. The van der Waals surface area contributed by atoms with Gasteiger partial charge >= 0.3 is 0 Å². The predicted octanol–water partition coefficient (Wildman–Crippen LogP) is 6.69. The zero-order valence-corrected chi connectivity index (χ0v) is 19.2. The van der Waals surface area contributed by atoms with Crippen molar-refractivity contribution in [2.45, 2.75) is 93.3 Å². The molecule has 3 nitrogen and oxygen atoms in total. The summed E-state index contributed by atoms with van der Waals surface area (Å²) in [4.78, 5) is 11.4. The Kier molecular flexibility index (Phi) is 7.32. The van der Waals surface area contributed by atoms with Gasteiger partial charge in [0.2, 0.25) is 0 Å². The van der Waals surface area contributed by atoms with Gasteiger partial charge in [-0.3, -0.25) is 4.79 Å². The van der Waals surface area contributed by atoms with Gasteiger partial charge in [0.05, 0.1) is 12.2 Å². The standard InChI is InChI=1S/C24H40O3/c1-18(25)19-11-13-20(14-12-19)27-24(9,10)16-22(5,6)15-23(7,8)17-26-21(2,3)4/h11-14H,15-17H2,1-10H3. The second kappa shape index (κ2) is 8.34. The van der Waals surface area contributed by atoms with E-state index in [9.17, 15) is 4.79 Å². The molecule has 0 saturated carbocycles. The van der Waals surface area contributed by atoms with Gasteiger partial charge in [-0.1, -0.05) is 27.7 Å². The fourth-order valence-corrected chi connectivity index (χ4v) is 4.09. The van der Waals surface area contributed by atoms with Crippen molar-refractivity contribution in [3.63, 3.8) is 0 Å². The summed E-state index contributed by atoms with van der Waals surface area (Å²) in [5.74, 6) is 0.873. The van der Waals surface area contributed by atoms with E-state index in [1.807, 2.05) is 24.3 Å². The summed E-state index contributed by atoms with van der Waals surface area (Å²) in [6.07, 6.45) is 1.97. The van der Waals surface area contributed by atoms with Crippen LogP contribution in [0, 0.1) is 10.8 Å². The van der Waals surface area contributed by atoms with Gasteiger partial charge in [-0.25, -0.2) is 0 Å². The third kappa shape index (κ3) is 9.41. The molecule has 1 aromatic carbocycles. The highest BCUT2D eigenvalue weighted by Crippen LogP contribution is 2.41. The van der Waals surface area contributed by atoms with Crippen molar-refractivity contribution < 1.29 is 14.3 Å². The molecule has 0 fully saturated rings. The lowest BCUT2D eigenvalue weighted by Gasteiger charge is -2.40. The molecule has 0 amide bonds. The van der Waals surface area contributed by atoms with E-state index in [0.29, 0.717) is 5.56 Å². The van der Waals surface area contributed by atoms with Crippen molar-refractivity contribution in [2.75, 3.05) is 6.61 Å². The van der Waals surface area contributed by atoms with E-state index in [-0.39, 0.29) is 27.8 Å². The molecule has 154 valence electrons. The van der Waals surface area contributed by atoms with Crippen molar-refractivity contribution in [1.82, 2.24) is 0 Å². The monoisotopic (exact) mass is 376 g/mol. The van der Waals surface area contributed by atoms with Gasteiger partial charge in [-0.2, -0.15) is 0 Å². The Bertz CT molecular complexity index is 616. The number of carbonyl (C=O) groups is 1. The summed E-state index contributed by atoms with van der Waals surface area (Å²) in [5.41, 5.74) is 0.489. The van der Waals surface area contributed by atoms with Crippen LogP contribution in [0.2, 0.25) is 0 Å². The van der Waals surface area contributed by atoms with Crippen LogP contribution in [0.1, 0.15) is 92.4 Å². The second-order valence-corrected chi connectivity index (χ2v) is 11.0. The third-order valence-corrected chi connectivity index (χ3v) is 4.41. The van der Waals surface area contributed by atoms with Gasteiger partial charge in [0.1, 0.15) is 11.4 Å². The van der Waals surface area contributed by atoms with E-state index in [4.69, 9.17) is 9.47 Å². The average Bonchev–Trinajstić information content (AvgIpc) is 2.42. The SMILES string of the molecule is CC(=O)c1ccc(OC(C)(C)CC(C)(C)CC(C)(C)COC(C)(C)C)cc1. The van der Waals surface area contributed by atoms with Crippen molar-refractivity contribution in [2.24, 2.45) is 10.8 Å². The summed E-state index contributed by atoms with van der Waals surface area (Å²) in [7, 11) is 0. The van der Waals surface area contributed by atoms with Crippen LogP contribution in [-0.4, -0.2) is 23.6 Å². The lowest BCUT2D eigenvalue weighted by atomic mass is 9.70. The van der Waals surface area contributed by atoms with E-state index in [0.717, 1.165) is 25.2 Å². The topological polar surface area (TPSA) is 35.5 Å². The molecule has 0 atom stereocenters. The lowest BCUT2D eigenvalue weighted by molar-refractivity contribution is -0.0584. The number of rotatable bonds is 9.